The molecule has 0 radical (unpaired) electrons. The lowest BCUT2D eigenvalue weighted by Gasteiger charge is -2.14. The fraction of sp³-hybridized carbons (Fsp3) is 0.308. The van der Waals surface area contributed by atoms with Gasteiger partial charge >= 0.3 is 18.0 Å². The molecule has 0 aliphatic carbocycles. The smallest absolute Gasteiger partial charge is 0.408 e. The summed E-state index contributed by atoms with van der Waals surface area (Å²) in [4.78, 5) is 33.3. The molecule has 0 heterocycles. The van der Waals surface area contributed by atoms with E-state index in [1.165, 1.54) is 0 Å². The molecule has 1 unspecified atom stereocenters. The van der Waals surface area contributed by atoms with E-state index in [4.69, 9.17) is 15.6 Å². The van der Waals surface area contributed by atoms with Gasteiger partial charge in [0.2, 0.25) is 0 Å². The summed E-state index contributed by atoms with van der Waals surface area (Å²) in [5.74, 6) is -2.11. The number of nitrogens with two attached hydrogens (primary N) is 1. The number of rotatable bonds is 7. The van der Waals surface area contributed by atoms with Gasteiger partial charge in [-0.2, -0.15) is 0 Å². The first-order valence-corrected chi connectivity index (χ1v) is 6.08. The highest BCUT2D eigenvalue weighted by atomic mass is 16.6. The lowest BCUT2D eigenvalue weighted by Crippen LogP contribution is -2.45. The zero-order chi connectivity index (χ0) is 15.7. The Labute approximate surface area is 120 Å². The van der Waals surface area contributed by atoms with Gasteiger partial charge in [0, 0.05) is 0 Å². The highest BCUT2D eigenvalue weighted by Crippen LogP contribution is 2.01. The van der Waals surface area contributed by atoms with Crippen molar-refractivity contribution >= 4 is 18.0 Å². The number of aliphatic carboxylic acids is 1. The van der Waals surface area contributed by atoms with Crippen LogP contribution in [-0.2, 0) is 25.7 Å². The molecule has 8 nitrogen and oxygen atoms in total. The molecule has 21 heavy (non-hydrogen) atoms. The molecular weight excluding hydrogens is 280 g/mol. The molecule has 0 aliphatic rings. The van der Waals surface area contributed by atoms with E-state index in [2.05, 4.69) is 10.1 Å². The van der Waals surface area contributed by atoms with E-state index in [0.717, 1.165) is 5.56 Å². The van der Waals surface area contributed by atoms with Crippen molar-refractivity contribution in [3.63, 3.8) is 0 Å². The molecule has 1 rings (SSSR count). The maximum absolute atomic E-state index is 11.5. The molecule has 0 aliphatic heterocycles. The third kappa shape index (κ3) is 6.39. The van der Waals surface area contributed by atoms with Crippen LogP contribution in [0.3, 0.4) is 0 Å². The molecule has 1 aromatic rings. The number of alkyl carbamates (subject to hydrolysis) is 1. The van der Waals surface area contributed by atoms with E-state index in [-0.39, 0.29) is 13.2 Å². The molecule has 4 N–H and O–H groups in total. The standard InChI is InChI=1S/C13H16N2O6/c14-6-11(16)20-8-10(12(17)18)15-13(19)21-7-9-4-2-1-3-5-9/h1-5,10H,6-8,14H2,(H,15,19)(H,17,18). The van der Waals surface area contributed by atoms with Crippen LogP contribution in [0.4, 0.5) is 4.79 Å². The Balaban J connectivity index is 2.41. The number of ether oxygens (including phenoxy) is 2. The highest BCUT2D eigenvalue weighted by Gasteiger charge is 2.22. The average Bonchev–Trinajstić information content (AvgIpc) is 2.49. The van der Waals surface area contributed by atoms with Gasteiger partial charge in [0.05, 0.1) is 6.54 Å². The fourth-order valence-corrected chi connectivity index (χ4v) is 1.32. The second-order valence-corrected chi connectivity index (χ2v) is 3.98. The number of carboxylic acids is 1. The molecule has 1 aromatic carbocycles. The number of carboxylic acid groups (broad SMARTS) is 1. The monoisotopic (exact) mass is 296 g/mol. The van der Waals surface area contributed by atoms with E-state index in [1.54, 1.807) is 24.3 Å². The van der Waals surface area contributed by atoms with Crippen molar-refractivity contribution in [2.75, 3.05) is 13.2 Å². The van der Waals surface area contributed by atoms with Gasteiger partial charge in [-0.25, -0.2) is 9.59 Å². The quantitative estimate of drug-likeness (QED) is 0.598. The van der Waals surface area contributed by atoms with Crippen molar-refractivity contribution in [2.24, 2.45) is 5.73 Å². The van der Waals surface area contributed by atoms with Crippen LogP contribution in [0.1, 0.15) is 5.56 Å². The molecule has 0 saturated heterocycles. The van der Waals surface area contributed by atoms with Gasteiger partial charge in [-0.15, -0.1) is 0 Å². The highest BCUT2D eigenvalue weighted by molar-refractivity contribution is 5.80. The summed E-state index contributed by atoms with van der Waals surface area (Å²) in [5.41, 5.74) is 5.77. The second-order valence-electron chi connectivity index (χ2n) is 3.98. The molecule has 0 aromatic heterocycles. The zero-order valence-corrected chi connectivity index (χ0v) is 11.2. The van der Waals surface area contributed by atoms with E-state index < -0.39 is 30.7 Å². The van der Waals surface area contributed by atoms with Gasteiger partial charge in [0.15, 0.2) is 6.04 Å². The van der Waals surface area contributed by atoms with Gasteiger partial charge in [0.1, 0.15) is 13.2 Å². The van der Waals surface area contributed by atoms with Crippen molar-refractivity contribution in [3.8, 4) is 0 Å². The second kappa shape index (κ2) is 8.54. The van der Waals surface area contributed by atoms with Gasteiger partial charge in [-0.3, -0.25) is 4.79 Å². The molecule has 1 atom stereocenters. The maximum atomic E-state index is 11.5. The number of benzene rings is 1. The van der Waals surface area contributed by atoms with Crippen molar-refractivity contribution in [2.45, 2.75) is 12.6 Å². The molecule has 0 fully saturated rings. The van der Waals surface area contributed by atoms with Crippen molar-refractivity contribution in [1.29, 1.82) is 0 Å². The SMILES string of the molecule is NCC(=O)OCC(NC(=O)OCc1ccccc1)C(=O)O. The zero-order valence-electron chi connectivity index (χ0n) is 11.2. The summed E-state index contributed by atoms with van der Waals surface area (Å²) in [7, 11) is 0. The number of hydrogen-bond acceptors (Lipinski definition) is 6. The van der Waals surface area contributed by atoms with Crippen molar-refractivity contribution < 1.29 is 29.0 Å². The molecule has 114 valence electrons. The minimum Gasteiger partial charge on any atom is -0.480 e. The number of esters is 1. The van der Waals surface area contributed by atoms with Gasteiger partial charge in [-0.05, 0) is 5.56 Å². The number of carbonyl (C=O) groups excluding carboxylic acids is 2. The van der Waals surface area contributed by atoms with Gasteiger partial charge in [-0.1, -0.05) is 30.3 Å². The minimum atomic E-state index is -1.40. The summed E-state index contributed by atoms with van der Waals surface area (Å²) in [6.45, 7) is -0.891. The Morgan fingerprint density at radius 2 is 1.86 bits per heavy atom. The van der Waals surface area contributed by atoms with E-state index in [1.807, 2.05) is 6.07 Å². The van der Waals surface area contributed by atoms with Crippen LogP contribution < -0.4 is 11.1 Å². The first kappa shape index (κ1) is 16.4. The maximum Gasteiger partial charge on any atom is 0.408 e. The predicted octanol–water partition coefficient (Wildman–Crippen LogP) is -0.132. The van der Waals surface area contributed by atoms with Crippen LogP contribution in [0.5, 0.6) is 0 Å². The van der Waals surface area contributed by atoms with E-state index >= 15 is 0 Å². The van der Waals surface area contributed by atoms with Crippen molar-refractivity contribution in [1.82, 2.24) is 5.32 Å². The Hall–Kier alpha value is -2.61. The van der Waals surface area contributed by atoms with Crippen molar-refractivity contribution in [3.05, 3.63) is 35.9 Å². The Morgan fingerprint density at radius 1 is 1.19 bits per heavy atom. The summed E-state index contributed by atoms with van der Waals surface area (Å²) in [6, 6.07) is 7.49. The third-order valence-electron chi connectivity index (χ3n) is 2.38. The van der Waals surface area contributed by atoms with Crippen LogP contribution in [0.15, 0.2) is 30.3 Å². The largest absolute Gasteiger partial charge is 0.480 e. The van der Waals surface area contributed by atoms with Crippen LogP contribution in [0.25, 0.3) is 0 Å². The molecule has 0 spiro atoms. The first-order chi connectivity index (χ1) is 10.0. The van der Waals surface area contributed by atoms with Gasteiger partial charge < -0.3 is 25.6 Å². The molecular formula is C13H16N2O6. The minimum absolute atomic E-state index is 0.00159. The number of carbonyl (C=O) groups is 3. The topological polar surface area (TPSA) is 128 Å². The molecule has 0 saturated carbocycles. The predicted molar refractivity (Wildman–Crippen MR) is 71.2 cm³/mol. The Bertz CT molecular complexity index is 491. The van der Waals surface area contributed by atoms with E-state index in [0.29, 0.717) is 0 Å². The molecule has 0 bridgehead atoms. The van der Waals surface area contributed by atoms with Crippen LogP contribution in [0.2, 0.25) is 0 Å². The number of nitrogens with one attached hydrogen (secondary N) is 1. The van der Waals surface area contributed by atoms with Crippen LogP contribution in [-0.4, -0.2) is 42.3 Å². The van der Waals surface area contributed by atoms with Crippen LogP contribution >= 0.6 is 0 Å². The van der Waals surface area contributed by atoms with E-state index in [9.17, 15) is 14.4 Å². The first-order valence-electron chi connectivity index (χ1n) is 6.08. The lowest BCUT2D eigenvalue weighted by atomic mass is 10.2. The summed E-state index contributed by atoms with van der Waals surface area (Å²) in [5, 5.41) is 11.0. The summed E-state index contributed by atoms with van der Waals surface area (Å²) in [6.07, 6.45) is -0.921. The Kier molecular flexibility index (Phi) is 6.69. The number of amides is 1. The average molecular weight is 296 g/mol. The molecule has 1 amide bonds. The molecule has 8 heteroatoms. The lowest BCUT2D eigenvalue weighted by molar-refractivity contribution is -0.147. The number of hydrogen-bond donors (Lipinski definition) is 3. The Morgan fingerprint density at radius 3 is 2.43 bits per heavy atom. The normalized spacial score (nSPS) is 11.3. The summed E-state index contributed by atoms with van der Waals surface area (Å²) >= 11 is 0. The summed E-state index contributed by atoms with van der Waals surface area (Å²) < 4.78 is 9.43. The van der Waals surface area contributed by atoms with Gasteiger partial charge in [0.25, 0.3) is 0 Å². The fourth-order valence-electron chi connectivity index (χ4n) is 1.32. The third-order valence-corrected chi connectivity index (χ3v) is 2.38. The van der Waals surface area contributed by atoms with Crippen LogP contribution in [0, 0.1) is 0 Å².